The smallest absolute Gasteiger partial charge is 0.115 e. The molecular weight excluding hydrogens is 176 g/mol. The fraction of sp³-hybridized carbons (Fsp3) is 0.333. The lowest BCUT2D eigenvalue weighted by Crippen LogP contribution is -1.69. The van der Waals surface area contributed by atoms with Crippen LogP contribution in [0.1, 0.15) is 19.8 Å². The molecule has 0 saturated carbocycles. The van der Waals surface area contributed by atoms with Crippen molar-refractivity contribution in [1.29, 1.82) is 0 Å². The van der Waals surface area contributed by atoms with Crippen LogP contribution in [0.2, 0.25) is 0 Å². The first-order chi connectivity index (χ1) is 6.81. The predicted molar refractivity (Wildman–Crippen MR) is 59.2 cm³/mol. The zero-order valence-electron chi connectivity index (χ0n) is 8.56. The van der Waals surface area contributed by atoms with Crippen molar-refractivity contribution in [2.45, 2.75) is 19.8 Å². The van der Waals surface area contributed by atoms with Gasteiger partial charge in [0.25, 0.3) is 0 Å². The molecule has 0 radical (unpaired) electrons. The summed E-state index contributed by atoms with van der Waals surface area (Å²) in [6, 6.07) is 8.71. The summed E-state index contributed by atoms with van der Waals surface area (Å²) in [4.78, 5) is 0. The van der Waals surface area contributed by atoms with E-state index in [9.17, 15) is 0 Å². The van der Waals surface area contributed by atoms with Crippen molar-refractivity contribution in [2.24, 2.45) is 0 Å². The molecule has 0 spiro atoms. The highest BCUT2D eigenvalue weighted by Crippen LogP contribution is 2.02. The van der Waals surface area contributed by atoms with E-state index >= 15 is 0 Å². The Morgan fingerprint density at radius 3 is 2.14 bits per heavy atom. The summed E-state index contributed by atoms with van der Waals surface area (Å²) in [7, 11) is 0. The van der Waals surface area contributed by atoms with Gasteiger partial charge in [0.2, 0.25) is 0 Å². The Morgan fingerprint density at radius 1 is 1.14 bits per heavy atom. The molecule has 0 fully saturated rings. The highest BCUT2D eigenvalue weighted by Gasteiger charge is 1.74. The molecule has 0 aliphatic rings. The molecule has 1 aromatic rings. The van der Waals surface area contributed by atoms with E-state index in [0.29, 0.717) is 5.75 Å². The van der Waals surface area contributed by atoms with E-state index in [1.54, 1.807) is 30.3 Å². The van der Waals surface area contributed by atoms with Crippen LogP contribution in [0, 0.1) is 0 Å². The van der Waals surface area contributed by atoms with Crippen LogP contribution in [0.15, 0.2) is 42.5 Å². The van der Waals surface area contributed by atoms with Gasteiger partial charge in [-0.15, -0.1) is 0 Å². The number of rotatable bonds is 3. The molecule has 2 nitrogen and oxygen atoms in total. The normalized spacial score (nSPS) is 9.57. The van der Waals surface area contributed by atoms with E-state index in [1.807, 2.05) is 12.1 Å². The second-order valence-corrected chi connectivity index (χ2v) is 2.78. The van der Waals surface area contributed by atoms with Crippen LogP contribution in [0.5, 0.6) is 5.75 Å². The average Bonchev–Trinajstić information content (AvgIpc) is 2.21. The van der Waals surface area contributed by atoms with Crippen LogP contribution in [-0.4, -0.2) is 16.8 Å². The van der Waals surface area contributed by atoms with E-state index < -0.39 is 0 Å². The van der Waals surface area contributed by atoms with Gasteiger partial charge in [0, 0.05) is 0 Å². The fourth-order valence-electron chi connectivity index (χ4n) is 0.787. The Balaban J connectivity index is 0.000000241. The minimum atomic E-state index is 0.181. The third kappa shape index (κ3) is 8.81. The van der Waals surface area contributed by atoms with Crippen molar-refractivity contribution in [3.63, 3.8) is 0 Å². The van der Waals surface area contributed by atoms with E-state index in [0.717, 1.165) is 12.8 Å². The predicted octanol–water partition coefficient (Wildman–Crippen LogP) is 2.73. The van der Waals surface area contributed by atoms with Gasteiger partial charge in [-0.25, -0.2) is 0 Å². The van der Waals surface area contributed by atoms with Gasteiger partial charge >= 0.3 is 0 Å². The fourth-order valence-corrected chi connectivity index (χ4v) is 0.787. The monoisotopic (exact) mass is 194 g/mol. The average molecular weight is 194 g/mol. The number of phenolic OH excluding ortho intramolecular Hbond substituents is 1. The first kappa shape index (κ1) is 12.7. The number of hydrogen-bond acceptors (Lipinski definition) is 2. The molecule has 0 unspecified atom stereocenters. The van der Waals surface area contributed by atoms with Crippen LogP contribution in [0.25, 0.3) is 0 Å². The highest BCUT2D eigenvalue weighted by molar-refractivity contribution is 5.18. The van der Waals surface area contributed by atoms with Crippen LogP contribution in [0.4, 0.5) is 0 Å². The van der Waals surface area contributed by atoms with Gasteiger partial charge in [-0.3, -0.25) is 0 Å². The van der Waals surface area contributed by atoms with Crippen molar-refractivity contribution >= 4 is 0 Å². The van der Waals surface area contributed by atoms with Crippen molar-refractivity contribution in [3.8, 4) is 5.75 Å². The highest BCUT2D eigenvalue weighted by atomic mass is 16.3. The van der Waals surface area contributed by atoms with Crippen molar-refractivity contribution in [1.82, 2.24) is 0 Å². The molecule has 0 heterocycles. The summed E-state index contributed by atoms with van der Waals surface area (Å²) in [5, 5.41) is 16.8. The molecule has 0 aliphatic carbocycles. The molecule has 0 bridgehead atoms. The number of allylic oxidation sites excluding steroid dienone is 1. The number of aliphatic hydroxyl groups is 1. The Bertz CT molecular complexity index is 229. The third-order valence-corrected chi connectivity index (χ3v) is 1.48. The quantitative estimate of drug-likeness (QED) is 0.726. The van der Waals surface area contributed by atoms with Gasteiger partial charge in [0.15, 0.2) is 0 Å². The van der Waals surface area contributed by atoms with Gasteiger partial charge < -0.3 is 10.2 Å². The maximum Gasteiger partial charge on any atom is 0.115 e. The topological polar surface area (TPSA) is 40.5 Å². The SMILES string of the molecule is CCC/C=C/CO.Oc1ccccc1. The molecule has 14 heavy (non-hydrogen) atoms. The lowest BCUT2D eigenvalue weighted by molar-refractivity contribution is 0.342. The summed E-state index contributed by atoms with van der Waals surface area (Å²) in [6.07, 6.45) is 6.00. The second kappa shape index (κ2) is 9.81. The molecule has 0 saturated heterocycles. The minimum Gasteiger partial charge on any atom is -0.508 e. The molecule has 1 aromatic carbocycles. The molecule has 1 rings (SSSR count). The number of phenols is 1. The number of para-hydroxylation sites is 1. The van der Waals surface area contributed by atoms with Gasteiger partial charge in [-0.05, 0) is 18.6 Å². The van der Waals surface area contributed by atoms with Gasteiger partial charge in [0.05, 0.1) is 6.61 Å². The number of unbranched alkanes of at least 4 members (excludes halogenated alkanes) is 1. The number of hydrogen-bond donors (Lipinski definition) is 2. The summed E-state index contributed by atoms with van der Waals surface area (Å²) < 4.78 is 0. The molecule has 2 N–H and O–H groups in total. The van der Waals surface area contributed by atoms with Gasteiger partial charge in [-0.1, -0.05) is 43.7 Å². The lowest BCUT2D eigenvalue weighted by atomic mass is 10.3. The van der Waals surface area contributed by atoms with E-state index in [4.69, 9.17) is 10.2 Å². The first-order valence-corrected chi connectivity index (χ1v) is 4.81. The second-order valence-electron chi connectivity index (χ2n) is 2.78. The third-order valence-electron chi connectivity index (χ3n) is 1.48. The number of aromatic hydroxyl groups is 1. The molecule has 78 valence electrons. The molecular formula is C12H18O2. The Morgan fingerprint density at radius 2 is 1.79 bits per heavy atom. The zero-order chi connectivity index (χ0) is 10.6. The Hall–Kier alpha value is -1.28. The molecule has 0 atom stereocenters. The van der Waals surface area contributed by atoms with Crippen LogP contribution in [-0.2, 0) is 0 Å². The zero-order valence-corrected chi connectivity index (χ0v) is 8.56. The summed E-state index contributed by atoms with van der Waals surface area (Å²) in [5.41, 5.74) is 0. The lowest BCUT2D eigenvalue weighted by Gasteiger charge is -1.82. The van der Waals surface area contributed by atoms with E-state index in [2.05, 4.69) is 6.92 Å². The summed E-state index contributed by atoms with van der Waals surface area (Å²) >= 11 is 0. The number of aliphatic hydroxyl groups excluding tert-OH is 1. The van der Waals surface area contributed by atoms with Crippen molar-refractivity contribution in [3.05, 3.63) is 42.5 Å². The molecule has 0 aliphatic heterocycles. The van der Waals surface area contributed by atoms with Crippen LogP contribution < -0.4 is 0 Å². The van der Waals surface area contributed by atoms with E-state index in [-0.39, 0.29) is 6.61 Å². The standard InChI is InChI=1S/C6H6O.C6H12O/c7-6-4-2-1-3-5-6;1-2-3-4-5-6-7/h1-5,7H;4-5,7H,2-3,6H2,1H3/b;5-4+. The maximum atomic E-state index is 8.63. The summed E-state index contributed by atoms with van der Waals surface area (Å²) in [5.74, 6) is 0.322. The minimum absolute atomic E-state index is 0.181. The van der Waals surface area contributed by atoms with Gasteiger partial charge in [0.1, 0.15) is 5.75 Å². The maximum absolute atomic E-state index is 8.63. The van der Waals surface area contributed by atoms with Crippen LogP contribution in [0.3, 0.4) is 0 Å². The molecule has 0 aromatic heterocycles. The molecule has 0 amide bonds. The van der Waals surface area contributed by atoms with Crippen molar-refractivity contribution in [2.75, 3.05) is 6.61 Å². The van der Waals surface area contributed by atoms with E-state index in [1.165, 1.54) is 0 Å². The Kier molecular flexibility index (Phi) is 8.91. The first-order valence-electron chi connectivity index (χ1n) is 4.81. The van der Waals surface area contributed by atoms with Crippen LogP contribution >= 0.6 is 0 Å². The Labute approximate surface area is 85.5 Å². The largest absolute Gasteiger partial charge is 0.508 e. The van der Waals surface area contributed by atoms with Gasteiger partial charge in [-0.2, -0.15) is 0 Å². The number of benzene rings is 1. The van der Waals surface area contributed by atoms with Crippen molar-refractivity contribution < 1.29 is 10.2 Å². The summed E-state index contributed by atoms with van der Waals surface area (Å²) in [6.45, 7) is 2.29. The molecule has 2 heteroatoms.